The van der Waals surface area contributed by atoms with Gasteiger partial charge in [0.1, 0.15) is 12.4 Å². The lowest BCUT2D eigenvalue weighted by Crippen LogP contribution is -2.41. The maximum absolute atomic E-state index is 12.3. The number of nitrogens with two attached hydrogens (primary N) is 1. The van der Waals surface area contributed by atoms with Crippen molar-refractivity contribution in [1.82, 2.24) is 20.2 Å². The molecule has 7 nitrogen and oxygen atoms in total. The van der Waals surface area contributed by atoms with Gasteiger partial charge in [-0.3, -0.25) is 4.79 Å². The second-order valence-electron chi connectivity index (χ2n) is 9.06. The first-order valence-electron chi connectivity index (χ1n) is 10.6. The van der Waals surface area contributed by atoms with E-state index in [4.69, 9.17) is 10.6 Å². The van der Waals surface area contributed by atoms with Crippen LogP contribution in [0.5, 0.6) is 5.75 Å². The lowest BCUT2D eigenvalue weighted by Gasteiger charge is -2.29. The highest BCUT2D eigenvalue weighted by Crippen LogP contribution is 2.25. The van der Waals surface area contributed by atoms with Gasteiger partial charge in [0, 0.05) is 6.04 Å². The number of hydrogen-bond donors (Lipinski definition) is 2. The summed E-state index contributed by atoms with van der Waals surface area (Å²) in [5.74, 6) is 8.18. The molecule has 2 atom stereocenters. The third-order valence-electron chi connectivity index (χ3n) is 5.61. The van der Waals surface area contributed by atoms with Crippen molar-refractivity contribution in [2.75, 3.05) is 11.6 Å². The second-order valence-corrected chi connectivity index (χ2v) is 10.00. The van der Waals surface area contributed by atoms with Gasteiger partial charge in [-0.15, -0.1) is 10.2 Å². The van der Waals surface area contributed by atoms with Crippen molar-refractivity contribution >= 4 is 17.7 Å². The highest BCUT2D eigenvalue weighted by atomic mass is 32.2. The van der Waals surface area contributed by atoms with E-state index in [-0.39, 0.29) is 29.7 Å². The van der Waals surface area contributed by atoms with Gasteiger partial charge in [0.05, 0.1) is 5.75 Å². The molecule has 3 N–H and O–H groups in total. The SMILES string of the molecule is C[C@@H]1CCCC[C@H]1NC(=O)CSc1nnc(COc2ccc(C(C)(C)C)cc2)n1N. The number of nitrogen functional groups attached to an aromatic ring is 1. The molecule has 0 aliphatic heterocycles. The van der Waals surface area contributed by atoms with Gasteiger partial charge in [-0.05, 0) is 41.9 Å². The van der Waals surface area contributed by atoms with Crippen LogP contribution in [0.2, 0.25) is 0 Å². The van der Waals surface area contributed by atoms with Crippen LogP contribution in [-0.4, -0.2) is 32.6 Å². The standard InChI is InChI=1S/C22H33N5O2S/c1-15-7-5-6-8-18(15)24-20(28)14-30-21-26-25-19(27(21)23)13-29-17-11-9-16(10-12-17)22(2,3)4/h9-12,15,18H,5-8,13-14,23H2,1-4H3,(H,24,28)/t15-,18-/m1/s1. The van der Waals surface area contributed by atoms with E-state index in [0.29, 0.717) is 16.9 Å². The van der Waals surface area contributed by atoms with Gasteiger partial charge >= 0.3 is 0 Å². The van der Waals surface area contributed by atoms with E-state index >= 15 is 0 Å². The first-order chi connectivity index (χ1) is 14.2. The minimum Gasteiger partial charge on any atom is -0.486 e. The lowest BCUT2D eigenvalue weighted by atomic mass is 9.86. The molecule has 1 aliphatic rings. The van der Waals surface area contributed by atoms with E-state index in [1.807, 2.05) is 12.1 Å². The van der Waals surface area contributed by atoms with Crippen molar-refractivity contribution in [3.05, 3.63) is 35.7 Å². The number of amides is 1. The molecule has 1 heterocycles. The van der Waals surface area contributed by atoms with Crippen molar-refractivity contribution < 1.29 is 9.53 Å². The van der Waals surface area contributed by atoms with Crippen LogP contribution in [0.3, 0.4) is 0 Å². The van der Waals surface area contributed by atoms with Gasteiger partial charge < -0.3 is 15.9 Å². The molecular weight excluding hydrogens is 398 g/mol. The molecule has 1 amide bonds. The quantitative estimate of drug-likeness (QED) is 0.513. The molecule has 2 aromatic rings. The average molecular weight is 432 g/mol. The monoisotopic (exact) mass is 431 g/mol. The molecule has 1 fully saturated rings. The zero-order chi connectivity index (χ0) is 21.7. The molecule has 0 bridgehead atoms. The summed E-state index contributed by atoms with van der Waals surface area (Å²) in [5, 5.41) is 11.9. The number of rotatable bonds is 7. The molecule has 164 valence electrons. The van der Waals surface area contributed by atoms with Gasteiger partial charge in [-0.2, -0.15) is 0 Å². The second kappa shape index (κ2) is 9.73. The number of nitrogens with one attached hydrogen (secondary N) is 1. The summed E-state index contributed by atoms with van der Waals surface area (Å²) in [7, 11) is 0. The molecule has 0 radical (unpaired) electrons. The third kappa shape index (κ3) is 5.90. The van der Waals surface area contributed by atoms with Crippen LogP contribution in [0.25, 0.3) is 0 Å². The summed E-state index contributed by atoms with van der Waals surface area (Å²) in [5.41, 5.74) is 1.35. The van der Waals surface area contributed by atoms with Crippen molar-refractivity contribution in [2.45, 2.75) is 76.6 Å². The summed E-state index contributed by atoms with van der Waals surface area (Å²) < 4.78 is 7.19. The van der Waals surface area contributed by atoms with E-state index in [2.05, 4.69) is 55.3 Å². The van der Waals surface area contributed by atoms with Crippen LogP contribution in [0.1, 0.15) is 64.8 Å². The first-order valence-corrected chi connectivity index (χ1v) is 11.6. The fraction of sp³-hybridized carbons (Fsp3) is 0.591. The Hall–Kier alpha value is -2.22. The Morgan fingerprint density at radius 1 is 1.23 bits per heavy atom. The number of carbonyl (C=O) groups is 1. The van der Waals surface area contributed by atoms with Crippen LogP contribution in [0, 0.1) is 5.92 Å². The zero-order valence-electron chi connectivity index (χ0n) is 18.4. The Kier molecular flexibility index (Phi) is 7.28. The van der Waals surface area contributed by atoms with Crippen molar-refractivity contribution in [3.8, 4) is 5.75 Å². The smallest absolute Gasteiger partial charge is 0.230 e. The number of aromatic nitrogens is 3. The van der Waals surface area contributed by atoms with Crippen LogP contribution in [-0.2, 0) is 16.8 Å². The summed E-state index contributed by atoms with van der Waals surface area (Å²) in [6, 6.07) is 8.30. The van der Waals surface area contributed by atoms with Crippen LogP contribution in [0.4, 0.5) is 0 Å². The van der Waals surface area contributed by atoms with Crippen LogP contribution >= 0.6 is 11.8 Å². The van der Waals surface area contributed by atoms with E-state index in [1.54, 1.807) is 0 Å². The molecular formula is C22H33N5O2S. The minimum absolute atomic E-state index is 0.0125. The maximum atomic E-state index is 12.3. The maximum Gasteiger partial charge on any atom is 0.230 e. The predicted octanol–water partition coefficient (Wildman–Crippen LogP) is 3.66. The molecule has 1 aliphatic carbocycles. The minimum atomic E-state index is 0.0125. The number of carbonyl (C=O) groups excluding carboxylic acids is 1. The number of thioether (sulfide) groups is 1. The van der Waals surface area contributed by atoms with Gasteiger partial charge in [-0.1, -0.05) is 64.4 Å². The van der Waals surface area contributed by atoms with Crippen molar-refractivity contribution in [2.24, 2.45) is 5.92 Å². The molecule has 30 heavy (non-hydrogen) atoms. The highest BCUT2D eigenvalue weighted by molar-refractivity contribution is 7.99. The van der Waals surface area contributed by atoms with Crippen molar-refractivity contribution in [1.29, 1.82) is 0 Å². The number of hydrogen-bond acceptors (Lipinski definition) is 6. The normalized spacial score (nSPS) is 19.5. The molecule has 0 saturated heterocycles. The predicted molar refractivity (Wildman–Crippen MR) is 120 cm³/mol. The topological polar surface area (TPSA) is 95.1 Å². The van der Waals surface area contributed by atoms with Crippen LogP contribution in [0.15, 0.2) is 29.4 Å². The number of benzene rings is 1. The van der Waals surface area contributed by atoms with E-state index < -0.39 is 0 Å². The third-order valence-corrected chi connectivity index (χ3v) is 6.56. The summed E-state index contributed by atoms with van der Waals surface area (Å²) in [6.07, 6.45) is 4.67. The molecule has 1 saturated carbocycles. The molecule has 1 aromatic heterocycles. The summed E-state index contributed by atoms with van der Waals surface area (Å²) >= 11 is 1.29. The Balaban J connectivity index is 1.49. The summed E-state index contributed by atoms with van der Waals surface area (Å²) in [6.45, 7) is 8.94. The molecule has 1 aromatic carbocycles. The Bertz CT molecular complexity index is 844. The van der Waals surface area contributed by atoms with E-state index in [0.717, 1.165) is 12.2 Å². The number of ether oxygens (including phenoxy) is 1. The number of nitrogens with zero attached hydrogens (tertiary/aromatic N) is 3. The fourth-order valence-electron chi connectivity index (χ4n) is 3.61. The lowest BCUT2D eigenvalue weighted by molar-refractivity contribution is -0.119. The first kappa shape index (κ1) is 22.5. The zero-order valence-corrected chi connectivity index (χ0v) is 19.2. The van der Waals surface area contributed by atoms with Gasteiger partial charge in [0.25, 0.3) is 0 Å². The summed E-state index contributed by atoms with van der Waals surface area (Å²) in [4.78, 5) is 12.3. The molecule has 8 heteroatoms. The van der Waals surface area contributed by atoms with Gasteiger partial charge in [-0.25, -0.2) is 4.68 Å². The Morgan fingerprint density at radius 2 is 1.93 bits per heavy atom. The van der Waals surface area contributed by atoms with E-state index in [9.17, 15) is 4.79 Å². The fourth-order valence-corrected chi connectivity index (χ4v) is 4.30. The van der Waals surface area contributed by atoms with E-state index in [1.165, 1.54) is 41.3 Å². The molecule has 3 rings (SSSR count). The van der Waals surface area contributed by atoms with Crippen LogP contribution < -0.4 is 15.9 Å². The average Bonchev–Trinajstić information content (AvgIpc) is 3.06. The molecule has 0 spiro atoms. The Labute approximate surface area is 183 Å². The van der Waals surface area contributed by atoms with Gasteiger partial charge in [0.15, 0.2) is 5.82 Å². The largest absolute Gasteiger partial charge is 0.486 e. The van der Waals surface area contributed by atoms with Gasteiger partial charge in [0.2, 0.25) is 11.1 Å². The Morgan fingerprint density at radius 3 is 2.60 bits per heavy atom. The highest BCUT2D eigenvalue weighted by Gasteiger charge is 2.23. The van der Waals surface area contributed by atoms with Crippen molar-refractivity contribution in [3.63, 3.8) is 0 Å². The molecule has 0 unspecified atom stereocenters.